The van der Waals surface area contributed by atoms with Crippen LogP contribution < -0.4 is 15.1 Å². The lowest BCUT2D eigenvalue weighted by Gasteiger charge is -2.27. The number of aromatic hydroxyl groups is 1. The van der Waals surface area contributed by atoms with Gasteiger partial charge in [0.05, 0.1) is 11.3 Å². The first kappa shape index (κ1) is 22.9. The number of urea groups is 1. The Morgan fingerprint density at radius 2 is 1.75 bits per heavy atom. The lowest BCUT2D eigenvalue weighted by atomic mass is 10.0. The van der Waals surface area contributed by atoms with Crippen molar-refractivity contribution in [3.8, 4) is 5.75 Å². The number of halogens is 3. The van der Waals surface area contributed by atoms with Crippen molar-refractivity contribution in [1.82, 2.24) is 5.32 Å². The topological polar surface area (TPSA) is 90.0 Å². The second-order valence-corrected chi connectivity index (χ2v) is 6.92. The number of nitrogens with zero attached hydrogens (tertiary/aromatic N) is 2. The minimum atomic E-state index is -4.68. The van der Waals surface area contributed by atoms with E-state index < -0.39 is 35.2 Å². The molecule has 1 fully saturated rings. The van der Waals surface area contributed by atoms with Gasteiger partial charge in [-0.05, 0) is 50.3 Å². The molecule has 2 aromatic carbocycles. The fourth-order valence-electron chi connectivity index (χ4n) is 3.31. The number of barbiturate groups is 1. The van der Waals surface area contributed by atoms with Crippen molar-refractivity contribution < 1.29 is 32.7 Å². The highest BCUT2D eigenvalue weighted by atomic mass is 19.4. The zero-order valence-electron chi connectivity index (χ0n) is 17.2. The molecule has 0 saturated carbocycles. The van der Waals surface area contributed by atoms with Crippen molar-refractivity contribution in [2.75, 3.05) is 22.9 Å². The molecule has 2 N–H and O–H groups in total. The summed E-state index contributed by atoms with van der Waals surface area (Å²) in [6.07, 6.45) is -3.59. The van der Waals surface area contributed by atoms with Gasteiger partial charge in [-0.15, -0.1) is 0 Å². The molecule has 0 aliphatic carbocycles. The van der Waals surface area contributed by atoms with Gasteiger partial charge in [-0.2, -0.15) is 13.2 Å². The van der Waals surface area contributed by atoms with E-state index in [1.807, 2.05) is 24.1 Å². The summed E-state index contributed by atoms with van der Waals surface area (Å²) in [5, 5.41) is 12.3. The summed E-state index contributed by atoms with van der Waals surface area (Å²) in [4.78, 5) is 39.8. The highest BCUT2D eigenvalue weighted by molar-refractivity contribution is 6.39. The van der Waals surface area contributed by atoms with Gasteiger partial charge in [-0.1, -0.05) is 6.07 Å². The maximum absolute atomic E-state index is 13.0. The monoisotopic (exact) mass is 447 g/mol. The van der Waals surface area contributed by atoms with Crippen molar-refractivity contribution in [1.29, 1.82) is 0 Å². The number of carbonyl (C=O) groups excluding carboxylic acids is 3. The summed E-state index contributed by atoms with van der Waals surface area (Å²) in [5.74, 6) is -2.33. The standard InChI is InChI=1S/C22H20F3N3O4/c1-3-27(4-2)15-9-8-13(18(29)12-15)10-17-19(30)26-21(32)28(20(17)31)16-7-5-6-14(11-16)22(23,24)25/h5-12,29H,3-4H2,1-2H3,(H,26,30,32)/b17-10+. The Hall–Kier alpha value is -3.82. The first-order chi connectivity index (χ1) is 15.1. The lowest BCUT2D eigenvalue weighted by molar-refractivity contribution is -0.137. The van der Waals surface area contributed by atoms with Crippen LogP contribution >= 0.6 is 0 Å². The molecule has 1 saturated heterocycles. The first-order valence-corrected chi connectivity index (χ1v) is 9.73. The molecule has 1 aliphatic heterocycles. The van der Waals surface area contributed by atoms with E-state index in [0.29, 0.717) is 24.1 Å². The molecule has 0 atom stereocenters. The van der Waals surface area contributed by atoms with Crippen LogP contribution in [-0.2, 0) is 15.8 Å². The second-order valence-electron chi connectivity index (χ2n) is 6.92. The van der Waals surface area contributed by atoms with Gasteiger partial charge in [0.25, 0.3) is 11.8 Å². The van der Waals surface area contributed by atoms with Crippen LogP contribution in [0.15, 0.2) is 48.0 Å². The Balaban J connectivity index is 2.00. The minimum absolute atomic E-state index is 0.137. The number of amides is 4. The van der Waals surface area contributed by atoms with Crippen LogP contribution in [0.25, 0.3) is 6.08 Å². The number of anilines is 2. The molecule has 0 bridgehead atoms. The second kappa shape index (κ2) is 8.74. The summed E-state index contributed by atoms with van der Waals surface area (Å²) < 4.78 is 39.1. The Labute approximate surface area is 181 Å². The molecule has 2 aromatic rings. The first-order valence-electron chi connectivity index (χ1n) is 9.73. The fourth-order valence-corrected chi connectivity index (χ4v) is 3.31. The number of carbonyl (C=O) groups is 3. The van der Waals surface area contributed by atoms with Crippen LogP contribution in [0.4, 0.5) is 29.3 Å². The Kier molecular flexibility index (Phi) is 6.24. The van der Waals surface area contributed by atoms with Crippen LogP contribution in [0.3, 0.4) is 0 Å². The van der Waals surface area contributed by atoms with Crippen LogP contribution in [0, 0.1) is 0 Å². The smallest absolute Gasteiger partial charge is 0.416 e. The van der Waals surface area contributed by atoms with E-state index >= 15 is 0 Å². The van der Waals surface area contributed by atoms with E-state index in [1.165, 1.54) is 12.1 Å². The van der Waals surface area contributed by atoms with Gasteiger partial charge in [-0.3, -0.25) is 14.9 Å². The Morgan fingerprint density at radius 3 is 2.34 bits per heavy atom. The molecule has 168 valence electrons. The van der Waals surface area contributed by atoms with Gasteiger partial charge < -0.3 is 10.0 Å². The number of rotatable bonds is 5. The number of hydrogen-bond donors (Lipinski definition) is 2. The van der Waals surface area contributed by atoms with E-state index in [2.05, 4.69) is 0 Å². The average Bonchev–Trinajstić information content (AvgIpc) is 2.73. The summed E-state index contributed by atoms with van der Waals surface area (Å²) >= 11 is 0. The molecule has 0 spiro atoms. The maximum Gasteiger partial charge on any atom is 0.416 e. The summed E-state index contributed by atoms with van der Waals surface area (Å²) in [6, 6.07) is 7.14. The van der Waals surface area contributed by atoms with E-state index in [4.69, 9.17) is 0 Å². The van der Waals surface area contributed by atoms with Gasteiger partial charge in [0.2, 0.25) is 0 Å². The molecule has 1 aliphatic rings. The predicted octanol–water partition coefficient (Wildman–Crippen LogP) is 3.92. The van der Waals surface area contributed by atoms with Crippen LogP contribution in [0.1, 0.15) is 25.0 Å². The quantitative estimate of drug-likeness (QED) is 0.536. The molecule has 1 heterocycles. The molecular weight excluding hydrogens is 427 g/mol. The third kappa shape index (κ3) is 4.43. The number of phenolic OH excluding ortho intramolecular Hbond substituents is 1. The van der Waals surface area contributed by atoms with Crippen molar-refractivity contribution in [3.63, 3.8) is 0 Å². The molecule has 0 unspecified atom stereocenters. The van der Waals surface area contributed by atoms with Crippen molar-refractivity contribution in [2.24, 2.45) is 0 Å². The summed E-state index contributed by atoms with van der Waals surface area (Å²) in [6.45, 7) is 5.29. The number of benzene rings is 2. The van der Waals surface area contributed by atoms with Crippen LogP contribution in [0.2, 0.25) is 0 Å². The van der Waals surface area contributed by atoms with E-state index in [1.54, 1.807) is 6.07 Å². The maximum atomic E-state index is 13.0. The fraction of sp³-hybridized carbons (Fsp3) is 0.227. The minimum Gasteiger partial charge on any atom is -0.507 e. The number of imide groups is 2. The number of phenols is 1. The Morgan fingerprint density at radius 1 is 1.06 bits per heavy atom. The molecule has 7 nitrogen and oxygen atoms in total. The molecule has 4 amide bonds. The van der Waals surface area contributed by atoms with E-state index in [9.17, 15) is 32.7 Å². The molecular formula is C22H20F3N3O4. The largest absolute Gasteiger partial charge is 0.507 e. The van der Waals surface area contributed by atoms with Crippen LogP contribution in [0.5, 0.6) is 5.75 Å². The van der Waals surface area contributed by atoms with Crippen molar-refractivity contribution >= 4 is 35.3 Å². The Bertz CT molecular complexity index is 1110. The number of alkyl halides is 3. The van der Waals surface area contributed by atoms with Gasteiger partial charge >= 0.3 is 12.2 Å². The van der Waals surface area contributed by atoms with Crippen LogP contribution in [-0.4, -0.2) is 36.0 Å². The molecule has 0 radical (unpaired) electrons. The van der Waals surface area contributed by atoms with Gasteiger partial charge in [-0.25, -0.2) is 9.69 Å². The lowest BCUT2D eigenvalue weighted by Crippen LogP contribution is -2.54. The predicted molar refractivity (Wildman–Crippen MR) is 112 cm³/mol. The van der Waals surface area contributed by atoms with Gasteiger partial charge in [0, 0.05) is 30.4 Å². The number of nitrogens with one attached hydrogen (secondary N) is 1. The zero-order valence-corrected chi connectivity index (χ0v) is 17.2. The normalized spacial score (nSPS) is 15.8. The summed E-state index contributed by atoms with van der Waals surface area (Å²) in [7, 11) is 0. The zero-order chi connectivity index (χ0) is 23.6. The SMILES string of the molecule is CCN(CC)c1ccc(/C=C2\C(=O)NC(=O)N(c3cccc(C(F)(F)F)c3)C2=O)c(O)c1. The van der Waals surface area contributed by atoms with Gasteiger partial charge in [0.15, 0.2) is 0 Å². The third-order valence-electron chi connectivity index (χ3n) is 4.98. The molecule has 3 rings (SSSR count). The van der Waals surface area contributed by atoms with Crippen molar-refractivity contribution in [3.05, 3.63) is 59.2 Å². The van der Waals surface area contributed by atoms with Gasteiger partial charge in [0.1, 0.15) is 11.3 Å². The molecule has 32 heavy (non-hydrogen) atoms. The molecule has 10 heteroatoms. The summed E-state index contributed by atoms with van der Waals surface area (Å²) in [5.41, 5.74) is -1.04. The highest BCUT2D eigenvalue weighted by Crippen LogP contribution is 2.33. The van der Waals surface area contributed by atoms with Crippen molar-refractivity contribution in [2.45, 2.75) is 20.0 Å². The van der Waals surface area contributed by atoms with E-state index in [0.717, 1.165) is 30.0 Å². The number of hydrogen-bond acceptors (Lipinski definition) is 5. The third-order valence-corrected chi connectivity index (χ3v) is 4.98. The average molecular weight is 447 g/mol. The highest BCUT2D eigenvalue weighted by Gasteiger charge is 2.38. The van der Waals surface area contributed by atoms with E-state index in [-0.39, 0.29) is 17.0 Å². The molecule has 0 aromatic heterocycles.